The van der Waals surface area contributed by atoms with Crippen LogP contribution in [0.5, 0.6) is 5.75 Å². The SMILES string of the molecule is OCC#Cc1ccc2ncnc(NCCc3ccc(O)cc3)c2c1. The highest BCUT2D eigenvalue weighted by Crippen LogP contribution is 2.20. The van der Waals surface area contributed by atoms with Gasteiger partial charge in [0.15, 0.2) is 0 Å². The predicted molar refractivity (Wildman–Crippen MR) is 93.8 cm³/mol. The highest BCUT2D eigenvalue weighted by atomic mass is 16.3. The number of benzene rings is 2. The van der Waals surface area contributed by atoms with Crippen LogP contribution in [0, 0.1) is 11.8 Å². The molecular formula is C19H17N3O2. The minimum absolute atomic E-state index is 0.166. The van der Waals surface area contributed by atoms with E-state index in [1.54, 1.807) is 12.1 Å². The average molecular weight is 319 g/mol. The standard InChI is InChI=1S/C19H17N3O2/c23-11-1-2-15-5-8-18-17(12-15)19(22-13-21-18)20-10-9-14-3-6-16(24)7-4-14/h3-8,12-13,23-24H,9-11H2,(H,20,21,22). The Labute approximate surface area is 140 Å². The first kappa shape index (κ1) is 15.8. The third kappa shape index (κ3) is 3.80. The Balaban J connectivity index is 1.76. The molecule has 2 aromatic carbocycles. The Bertz CT molecular complexity index is 896. The van der Waals surface area contributed by atoms with Crippen molar-refractivity contribution >= 4 is 16.7 Å². The van der Waals surface area contributed by atoms with E-state index in [0.717, 1.165) is 34.3 Å². The predicted octanol–water partition coefficient (Wildman–Crippen LogP) is 2.33. The normalized spacial score (nSPS) is 10.2. The number of aromatic hydroxyl groups is 1. The van der Waals surface area contributed by atoms with Crippen LogP contribution in [0.1, 0.15) is 11.1 Å². The second-order valence-electron chi connectivity index (χ2n) is 5.26. The fourth-order valence-corrected chi connectivity index (χ4v) is 2.40. The largest absolute Gasteiger partial charge is 0.508 e. The van der Waals surface area contributed by atoms with Crippen molar-refractivity contribution in [1.82, 2.24) is 9.97 Å². The van der Waals surface area contributed by atoms with Gasteiger partial charge in [-0.25, -0.2) is 9.97 Å². The molecule has 1 heterocycles. The minimum Gasteiger partial charge on any atom is -0.508 e. The minimum atomic E-state index is -0.166. The van der Waals surface area contributed by atoms with E-state index in [0.29, 0.717) is 6.54 Å². The van der Waals surface area contributed by atoms with Gasteiger partial charge in [-0.2, -0.15) is 0 Å². The molecule has 5 heteroatoms. The fraction of sp³-hybridized carbons (Fsp3) is 0.158. The first-order chi connectivity index (χ1) is 11.8. The van der Waals surface area contributed by atoms with Gasteiger partial charge in [0.05, 0.1) is 5.52 Å². The zero-order valence-electron chi connectivity index (χ0n) is 13.0. The van der Waals surface area contributed by atoms with E-state index in [4.69, 9.17) is 5.11 Å². The first-order valence-electron chi connectivity index (χ1n) is 7.62. The molecule has 0 spiro atoms. The quantitative estimate of drug-likeness (QED) is 0.643. The van der Waals surface area contributed by atoms with Gasteiger partial charge in [-0.05, 0) is 42.3 Å². The van der Waals surface area contributed by atoms with Crippen molar-refractivity contribution in [3.63, 3.8) is 0 Å². The molecule has 0 aliphatic carbocycles. The fourth-order valence-electron chi connectivity index (χ4n) is 2.40. The number of aromatic nitrogens is 2. The molecule has 0 aliphatic heterocycles. The lowest BCUT2D eigenvalue weighted by Crippen LogP contribution is -2.07. The topological polar surface area (TPSA) is 78.3 Å². The number of rotatable bonds is 4. The zero-order chi connectivity index (χ0) is 16.8. The van der Waals surface area contributed by atoms with E-state index in [-0.39, 0.29) is 12.4 Å². The summed E-state index contributed by atoms with van der Waals surface area (Å²) in [4.78, 5) is 8.58. The number of anilines is 1. The van der Waals surface area contributed by atoms with Gasteiger partial charge < -0.3 is 15.5 Å². The summed E-state index contributed by atoms with van der Waals surface area (Å²) >= 11 is 0. The van der Waals surface area contributed by atoms with E-state index in [9.17, 15) is 5.11 Å². The van der Waals surface area contributed by atoms with E-state index < -0.39 is 0 Å². The average Bonchev–Trinajstić information content (AvgIpc) is 2.62. The number of aliphatic hydroxyl groups excluding tert-OH is 1. The summed E-state index contributed by atoms with van der Waals surface area (Å²) in [5, 5.41) is 22.3. The van der Waals surface area contributed by atoms with Crippen LogP contribution in [-0.4, -0.2) is 33.3 Å². The number of fused-ring (bicyclic) bond motifs is 1. The van der Waals surface area contributed by atoms with Gasteiger partial charge in [0.2, 0.25) is 0 Å². The van der Waals surface area contributed by atoms with Crippen LogP contribution in [-0.2, 0) is 6.42 Å². The lowest BCUT2D eigenvalue weighted by atomic mass is 10.1. The van der Waals surface area contributed by atoms with Crippen LogP contribution >= 0.6 is 0 Å². The lowest BCUT2D eigenvalue weighted by molar-refractivity contribution is 0.350. The second-order valence-corrected chi connectivity index (χ2v) is 5.26. The molecule has 0 saturated carbocycles. The van der Waals surface area contributed by atoms with Crippen molar-refractivity contribution in [2.45, 2.75) is 6.42 Å². The van der Waals surface area contributed by atoms with Crippen molar-refractivity contribution in [2.75, 3.05) is 18.5 Å². The third-order valence-corrected chi connectivity index (χ3v) is 3.59. The molecule has 0 bridgehead atoms. The molecule has 0 fully saturated rings. The summed E-state index contributed by atoms with van der Waals surface area (Å²) < 4.78 is 0. The summed E-state index contributed by atoms with van der Waals surface area (Å²) in [5.74, 6) is 6.56. The van der Waals surface area contributed by atoms with Gasteiger partial charge >= 0.3 is 0 Å². The first-order valence-corrected chi connectivity index (χ1v) is 7.62. The van der Waals surface area contributed by atoms with Gasteiger partial charge in [0.1, 0.15) is 24.5 Å². The lowest BCUT2D eigenvalue weighted by Gasteiger charge is -2.09. The van der Waals surface area contributed by atoms with Crippen molar-refractivity contribution in [3.8, 4) is 17.6 Å². The van der Waals surface area contributed by atoms with Crippen LogP contribution in [0.25, 0.3) is 10.9 Å². The van der Waals surface area contributed by atoms with Gasteiger partial charge in [-0.3, -0.25) is 0 Å². The maximum absolute atomic E-state index is 9.31. The molecule has 0 aliphatic rings. The molecule has 0 amide bonds. The Kier molecular flexibility index (Phi) is 4.90. The van der Waals surface area contributed by atoms with Crippen molar-refractivity contribution in [2.24, 2.45) is 0 Å². The summed E-state index contributed by atoms with van der Waals surface area (Å²) in [6.45, 7) is 0.546. The number of phenolic OH excluding ortho intramolecular Hbond substituents is 1. The summed E-state index contributed by atoms with van der Waals surface area (Å²) in [5.41, 5.74) is 2.78. The molecule has 0 saturated heterocycles. The smallest absolute Gasteiger partial charge is 0.137 e. The van der Waals surface area contributed by atoms with Crippen LogP contribution in [0.3, 0.4) is 0 Å². The highest BCUT2D eigenvalue weighted by molar-refractivity contribution is 5.89. The number of nitrogens with one attached hydrogen (secondary N) is 1. The molecular weight excluding hydrogens is 302 g/mol. The number of nitrogens with zero attached hydrogens (tertiary/aromatic N) is 2. The molecule has 5 nitrogen and oxygen atoms in total. The molecule has 3 rings (SSSR count). The van der Waals surface area contributed by atoms with Crippen molar-refractivity contribution in [1.29, 1.82) is 0 Å². The second kappa shape index (κ2) is 7.44. The van der Waals surface area contributed by atoms with Crippen molar-refractivity contribution < 1.29 is 10.2 Å². The molecule has 3 aromatic rings. The van der Waals surface area contributed by atoms with Gasteiger partial charge in [-0.15, -0.1) is 0 Å². The molecule has 0 radical (unpaired) electrons. The van der Waals surface area contributed by atoms with E-state index in [2.05, 4.69) is 27.1 Å². The Morgan fingerprint density at radius 3 is 2.67 bits per heavy atom. The molecule has 3 N–H and O–H groups in total. The Morgan fingerprint density at radius 2 is 1.88 bits per heavy atom. The maximum Gasteiger partial charge on any atom is 0.137 e. The maximum atomic E-state index is 9.31. The molecule has 0 unspecified atom stereocenters. The van der Waals surface area contributed by atoms with E-state index in [1.807, 2.05) is 30.3 Å². The summed E-state index contributed by atoms with van der Waals surface area (Å²) in [6.07, 6.45) is 2.35. The zero-order valence-corrected chi connectivity index (χ0v) is 13.0. The number of phenols is 1. The molecule has 24 heavy (non-hydrogen) atoms. The van der Waals surface area contributed by atoms with Crippen LogP contribution in [0.4, 0.5) is 5.82 Å². The van der Waals surface area contributed by atoms with Crippen molar-refractivity contribution in [3.05, 3.63) is 59.9 Å². The Morgan fingerprint density at radius 1 is 1.04 bits per heavy atom. The van der Waals surface area contributed by atoms with Crippen LogP contribution < -0.4 is 5.32 Å². The number of hydrogen-bond acceptors (Lipinski definition) is 5. The molecule has 120 valence electrons. The van der Waals surface area contributed by atoms with E-state index in [1.165, 1.54) is 6.33 Å². The van der Waals surface area contributed by atoms with Gasteiger partial charge in [-0.1, -0.05) is 24.0 Å². The Hall–Kier alpha value is -3.10. The van der Waals surface area contributed by atoms with Gasteiger partial charge in [0, 0.05) is 17.5 Å². The van der Waals surface area contributed by atoms with Crippen LogP contribution in [0.15, 0.2) is 48.8 Å². The monoisotopic (exact) mass is 319 g/mol. The van der Waals surface area contributed by atoms with Gasteiger partial charge in [0.25, 0.3) is 0 Å². The molecule has 0 atom stereocenters. The molecule has 1 aromatic heterocycles. The van der Waals surface area contributed by atoms with Crippen LogP contribution in [0.2, 0.25) is 0 Å². The van der Waals surface area contributed by atoms with E-state index >= 15 is 0 Å². The summed E-state index contributed by atoms with van der Waals surface area (Å²) in [6, 6.07) is 12.8. The number of aliphatic hydroxyl groups is 1. The summed E-state index contributed by atoms with van der Waals surface area (Å²) in [7, 11) is 0. The third-order valence-electron chi connectivity index (χ3n) is 3.59. The number of hydrogen-bond donors (Lipinski definition) is 3. The highest BCUT2D eigenvalue weighted by Gasteiger charge is 2.04.